The van der Waals surface area contributed by atoms with Gasteiger partial charge in [-0.1, -0.05) is 25.6 Å². The summed E-state index contributed by atoms with van der Waals surface area (Å²) >= 11 is 1.88. The predicted molar refractivity (Wildman–Crippen MR) is 72.2 cm³/mol. The Morgan fingerprint density at radius 3 is 2.88 bits per heavy atom. The molecule has 3 nitrogen and oxygen atoms in total. The van der Waals surface area contributed by atoms with E-state index in [1.165, 1.54) is 6.42 Å². The maximum atomic E-state index is 5.47. The van der Waals surface area contributed by atoms with Crippen molar-refractivity contribution in [2.75, 3.05) is 19.7 Å². The second kappa shape index (κ2) is 7.17. The second-order valence-corrected chi connectivity index (χ2v) is 5.95. The van der Waals surface area contributed by atoms with Crippen LogP contribution in [-0.2, 0) is 4.74 Å². The third-order valence-electron chi connectivity index (χ3n) is 2.44. The minimum atomic E-state index is 0.262. The Bertz CT molecular complexity index is 231. The summed E-state index contributed by atoms with van der Waals surface area (Å²) in [6, 6.07) is 0. The van der Waals surface area contributed by atoms with Crippen molar-refractivity contribution in [1.29, 1.82) is 0 Å². The lowest BCUT2D eigenvalue weighted by molar-refractivity contribution is 0.0796. The molecule has 0 spiro atoms. The fourth-order valence-electron chi connectivity index (χ4n) is 1.74. The van der Waals surface area contributed by atoms with Crippen molar-refractivity contribution in [3.63, 3.8) is 0 Å². The van der Waals surface area contributed by atoms with Crippen LogP contribution in [0.4, 0.5) is 0 Å². The summed E-state index contributed by atoms with van der Waals surface area (Å²) in [6.07, 6.45) is 1.51. The molecule has 0 saturated heterocycles. The smallest absolute Gasteiger partial charge is 0.157 e. The SMILES string of the molecule is CCOC(C)CNC1=NCC(CC(C)C)S1. The number of rotatable bonds is 6. The summed E-state index contributed by atoms with van der Waals surface area (Å²) in [7, 11) is 0. The summed E-state index contributed by atoms with van der Waals surface area (Å²) in [4.78, 5) is 4.52. The highest BCUT2D eigenvalue weighted by Crippen LogP contribution is 2.25. The van der Waals surface area contributed by atoms with Gasteiger partial charge in [-0.15, -0.1) is 0 Å². The molecule has 1 aliphatic heterocycles. The molecule has 0 aromatic rings. The molecule has 0 bridgehead atoms. The third kappa shape index (κ3) is 5.21. The van der Waals surface area contributed by atoms with Crippen LogP contribution in [0.2, 0.25) is 0 Å². The average Bonchev–Trinajstić information content (AvgIpc) is 2.62. The molecule has 0 aliphatic carbocycles. The predicted octanol–water partition coefficient (Wildman–Crippen LogP) is 2.52. The number of nitrogens with one attached hydrogen (secondary N) is 1. The molecule has 0 aromatic carbocycles. The maximum Gasteiger partial charge on any atom is 0.157 e. The number of nitrogens with zero attached hydrogens (tertiary/aromatic N) is 1. The van der Waals surface area contributed by atoms with Crippen LogP contribution in [0.1, 0.15) is 34.1 Å². The van der Waals surface area contributed by atoms with E-state index in [0.717, 1.165) is 30.8 Å². The Morgan fingerprint density at radius 2 is 2.25 bits per heavy atom. The molecule has 0 aromatic heterocycles. The summed E-state index contributed by atoms with van der Waals surface area (Å²) in [5, 5.41) is 5.12. The number of hydrogen-bond donors (Lipinski definition) is 1. The summed E-state index contributed by atoms with van der Waals surface area (Å²) < 4.78 is 5.47. The number of amidine groups is 1. The summed E-state index contributed by atoms with van der Waals surface area (Å²) in [6.45, 7) is 11.2. The molecule has 0 saturated carbocycles. The Balaban J connectivity index is 2.16. The van der Waals surface area contributed by atoms with Crippen molar-refractivity contribution in [3.8, 4) is 0 Å². The van der Waals surface area contributed by atoms with Gasteiger partial charge < -0.3 is 10.1 Å². The zero-order valence-corrected chi connectivity index (χ0v) is 11.6. The normalized spacial score (nSPS) is 22.3. The zero-order valence-electron chi connectivity index (χ0n) is 10.8. The maximum absolute atomic E-state index is 5.47. The molecule has 16 heavy (non-hydrogen) atoms. The van der Waals surface area contributed by atoms with Crippen LogP contribution in [-0.4, -0.2) is 36.2 Å². The molecular formula is C12H24N2OS. The van der Waals surface area contributed by atoms with Gasteiger partial charge >= 0.3 is 0 Å². The lowest BCUT2D eigenvalue weighted by atomic mass is 10.1. The van der Waals surface area contributed by atoms with Crippen molar-refractivity contribution in [2.45, 2.75) is 45.5 Å². The molecule has 2 unspecified atom stereocenters. The van der Waals surface area contributed by atoms with E-state index in [-0.39, 0.29) is 6.10 Å². The molecule has 1 rings (SSSR count). The number of hydrogen-bond acceptors (Lipinski definition) is 4. The quantitative estimate of drug-likeness (QED) is 0.779. The molecule has 0 fully saturated rings. The van der Waals surface area contributed by atoms with E-state index in [4.69, 9.17) is 4.74 Å². The van der Waals surface area contributed by atoms with Gasteiger partial charge in [-0.25, -0.2) is 0 Å². The third-order valence-corrected chi connectivity index (χ3v) is 3.61. The van der Waals surface area contributed by atoms with Crippen LogP contribution in [0.15, 0.2) is 4.99 Å². The van der Waals surface area contributed by atoms with E-state index in [1.807, 2.05) is 18.7 Å². The molecule has 1 aliphatic rings. The van der Waals surface area contributed by atoms with Crippen molar-refractivity contribution in [1.82, 2.24) is 5.32 Å². The molecule has 94 valence electrons. The largest absolute Gasteiger partial charge is 0.377 e. The average molecular weight is 244 g/mol. The van der Waals surface area contributed by atoms with Crippen LogP contribution in [0.3, 0.4) is 0 Å². The van der Waals surface area contributed by atoms with E-state index in [0.29, 0.717) is 5.25 Å². The first-order valence-corrected chi connectivity index (χ1v) is 7.06. The van der Waals surface area contributed by atoms with Crippen LogP contribution >= 0.6 is 11.8 Å². The molecule has 0 amide bonds. The number of thioether (sulfide) groups is 1. The first kappa shape index (κ1) is 13.8. The molecule has 0 radical (unpaired) electrons. The van der Waals surface area contributed by atoms with Gasteiger partial charge in [0.05, 0.1) is 12.6 Å². The highest BCUT2D eigenvalue weighted by Gasteiger charge is 2.20. The Labute approximate surface area is 103 Å². The van der Waals surface area contributed by atoms with E-state index in [1.54, 1.807) is 0 Å². The van der Waals surface area contributed by atoms with Gasteiger partial charge in [-0.3, -0.25) is 4.99 Å². The van der Waals surface area contributed by atoms with Gasteiger partial charge in [0.2, 0.25) is 0 Å². The summed E-state index contributed by atoms with van der Waals surface area (Å²) in [5.74, 6) is 0.759. The number of ether oxygens (including phenoxy) is 1. The monoisotopic (exact) mass is 244 g/mol. The van der Waals surface area contributed by atoms with Gasteiger partial charge in [0, 0.05) is 18.4 Å². The van der Waals surface area contributed by atoms with Crippen LogP contribution in [0.25, 0.3) is 0 Å². The van der Waals surface area contributed by atoms with Crippen LogP contribution in [0.5, 0.6) is 0 Å². The van der Waals surface area contributed by atoms with Gasteiger partial charge in [-0.05, 0) is 26.2 Å². The van der Waals surface area contributed by atoms with Crippen LogP contribution < -0.4 is 5.32 Å². The molecule has 2 atom stereocenters. The second-order valence-electron chi connectivity index (χ2n) is 4.66. The van der Waals surface area contributed by atoms with Crippen LogP contribution in [0, 0.1) is 5.92 Å². The minimum absolute atomic E-state index is 0.262. The highest BCUT2D eigenvalue weighted by atomic mass is 32.2. The van der Waals surface area contributed by atoms with E-state index in [9.17, 15) is 0 Å². The van der Waals surface area contributed by atoms with E-state index < -0.39 is 0 Å². The van der Waals surface area contributed by atoms with E-state index in [2.05, 4.69) is 31.1 Å². The van der Waals surface area contributed by atoms with Gasteiger partial charge in [-0.2, -0.15) is 0 Å². The molecular weight excluding hydrogens is 220 g/mol. The molecule has 4 heteroatoms. The van der Waals surface area contributed by atoms with Gasteiger partial charge in [0.1, 0.15) is 0 Å². The molecule has 1 heterocycles. The lowest BCUT2D eigenvalue weighted by Crippen LogP contribution is -2.30. The minimum Gasteiger partial charge on any atom is -0.377 e. The van der Waals surface area contributed by atoms with Gasteiger partial charge in [0.25, 0.3) is 0 Å². The number of aliphatic imine (C=N–C) groups is 1. The zero-order chi connectivity index (χ0) is 12.0. The lowest BCUT2D eigenvalue weighted by Gasteiger charge is -2.14. The Kier molecular flexibility index (Phi) is 6.21. The highest BCUT2D eigenvalue weighted by molar-refractivity contribution is 8.14. The topological polar surface area (TPSA) is 33.6 Å². The first-order chi connectivity index (χ1) is 7.61. The van der Waals surface area contributed by atoms with Crippen molar-refractivity contribution in [2.24, 2.45) is 10.9 Å². The van der Waals surface area contributed by atoms with Crippen molar-refractivity contribution in [3.05, 3.63) is 0 Å². The Morgan fingerprint density at radius 1 is 1.50 bits per heavy atom. The molecule has 1 N–H and O–H groups in total. The van der Waals surface area contributed by atoms with Crippen molar-refractivity contribution < 1.29 is 4.74 Å². The van der Waals surface area contributed by atoms with Gasteiger partial charge in [0.15, 0.2) is 5.17 Å². The summed E-state index contributed by atoms with van der Waals surface area (Å²) in [5.41, 5.74) is 0. The van der Waals surface area contributed by atoms with E-state index >= 15 is 0 Å². The first-order valence-electron chi connectivity index (χ1n) is 6.18. The Hall–Kier alpha value is -0.220. The standard InChI is InChI=1S/C12H24N2OS/c1-5-15-10(4)7-13-12-14-8-11(16-12)6-9(2)3/h9-11H,5-8H2,1-4H3,(H,13,14). The van der Waals surface area contributed by atoms with Crippen molar-refractivity contribution >= 4 is 16.9 Å². The fourth-order valence-corrected chi connectivity index (χ4v) is 3.00. The fraction of sp³-hybridized carbons (Fsp3) is 0.917.